The second-order valence-electron chi connectivity index (χ2n) is 5.42. The summed E-state index contributed by atoms with van der Waals surface area (Å²) in [5.74, 6) is -0.646. The molecule has 0 radical (unpaired) electrons. The zero-order valence-corrected chi connectivity index (χ0v) is 10.5. The zero-order chi connectivity index (χ0) is 13.4. The summed E-state index contributed by atoms with van der Waals surface area (Å²) in [5, 5.41) is 12.6. The average molecular weight is 264 g/mol. The van der Waals surface area contributed by atoms with Crippen LogP contribution in [0, 0.1) is 5.92 Å². The quantitative estimate of drug-likeness (QED) is 0.895. The summed E-state index contributed by atoms with van der Waals surface area (Å²) in [6.45, 7) is 0. The molecule has 0 aliphatic carbocycles. The van der Waals surface area contributed by atoms with Gasteiger partial charge in [0.2, 0.25) is 0 Å². The summed E-state index contributed by atoms with van der Waals surface area (Å²) in [6, 6.07) is 1.89. The first-order valence-electron chi connectivity index (χ1n) is 6.60. The Morgan fingerprint density at radius 2 is 2.05 bits per heavy atom. The van der Waals surface area contributed by atoms with E-state index in [9.17, 15) is 9.59 Å². The molecular weight excluding hydrogens is 248 g/mol. The van der Waals surface area contributed by atoms with Gasteiger partial charge in [-0.2, -0.15) is 0 Å². The molecule has 2 saturated heterocycles. The van der Waals surface area contributed by atoms with E-state index < -0.39 is 5.97 Å². The standard InChI is InChI=1S/C13H16N2O4/c16-12(17)7-8-5-9-1-2-10(6-8)15(9)13(18)11-3-4-19-14-11/h3-4,8-10H,1-2,5-7H2,(H,16,17). The number of hydrogen-bond donors (Lipinski definition) is 1. The van der Waals surface area contributed by atoms with Crippen molar-refractivity contribution in [3.05, 3.63) is 18.0 Å². The summed E-state index contributed by atoms with van der Waals surface area (Å²) in [4.78, 5) is 25.0. The Morgan fingerprint density at radius 3 is 2.58 bits per heavy atom. The molecule has 1 aromatic rings. The summed E-state index contributed by atoms with van der Waals surface area (Å²) in [7, 11) is 0. The highest BCUT2D eigenvalue weighted by molar-refractivity contribution is 5.92. The molecule has 102 valence electrons. The van der Waals surface area contributed by atoms with Gasteiger partial charge in [0, 0.05) is 24.6 Å². The van der Waals surface area contributed by atoms with E-state index in [0.717, 1.165) is 25.7 Å². The zero-order valence-electron chi connectivity index (χ0n) is 10.5. The molecule has 2 fully saturated rings. The van der Waals surface area contributed by atoms with Gasteiger partial charge in [-0.25, -0.2) is 0 Å². The highest BCUT2D eigenvalue weighted by Gasteiger charge is 2.44. The van der Waals surface area contributed by atoms with E-state index in [2.05, 4.69) is 5.16 Å². The molecule has 3 rings (SSSR count). The van der Waals surface area contributed by atoms with Gasteiger partial charge in [0.05, 0.1) is 0 Å². The maximum absolute atomic E-state index is 12.3. The van der Waals surface area contributed by atoms with Crippen molar-refractivity contribution in [3.63, 3.8) is 0 Å². The second-order valence-corrected chi connectivity index (χ2v) is 5.42. The number of hydrogen-bond acceptors (Lipinski definition) is 4. The van der Waals surface area contributed by atoms with Crippen LogP contribution in [0.3, 0.4) is 0 Å². The maximum atomic E-state index is 12.3. The van der Waals surface area contributed by atoms with Crippen molar-refractivity contribution >= 4 is 11.9 Å². The number of carboxylic acids is 1. The number of carboxylic acid groups (broad SMARTS) is 1. The molecule has 2 atom stereocenters. The van der Waals surface area contributed by atoms with Crippen molar-refractivity contribution in [3.8, 4) is 0 Å². The first-order chi connectivity index (χ1) is 9.15. The monoisotopic (exact) mass is 264 g/mol. The van der Waals surface area contributed by atoms with E-state index in [1.165, 1.54) is 6.26 Å². The van der Waals surface area contributed by atoms with Gasteiger partial charge >= 0.3 is 5.97 Å². The number of fused-ring (bicyclic) bond motifs is 2. The molecule has 2 bridgehead atoms. The van der Waals surface area contributed by atoms with Crippen molar-refractivity contribution in [2.75, 3.05) is 0 Å². The SMILES string of the molecule is O=C(O)CC1CC2CCC(C1)N2C(=O)c1ccon1. The lowest BCUT2D eigenvalue weighted by Gasteiger charge is -2.38. The molecular formula is C13H16N2O4. The number of aliphatic carboxylic acids is 1. The first kappa shape index (κ1) is 12.2. The Balaban J connectivity index is 1.73. The van der Waals surface area contributed by atoms with E-state index in [1.54, 1.807) is 6.07 Å². The highest BCUT2D eigenvalue weighted by atomic mass is 16.5. The lowest BCUT2D eigenvalue weighted by molar-refractivity contribution is -0.138. The predicted molar refractivity (Wildman–Crippen MR) is 64.5 cm³/mol. The van der Waals surface area contributed by atoms with Crippen LogP contribution >= 0.6 is 0 Å². The third-order valence-corrected chi connectivity index (χ3v) is 4.19. The normalized spacial score (nSPS) is 29.5. The molecule has 0 aromatic carbocycles. The van der Waals surface area contributed by atoms with Crippen LogP contribution in [-0.4, -0.2) is 39.1 Å². The van der Waals surface area contributed by atoms with Crippen LogP contribution in [-0.2, 0) is 4.79 Å². The first-order valence-corrected chi connectivity index (χ1v) is 6.60. The largest absolute Gasteiger partial charge is 0.481 e. The molecule has 19 heavy (non-hydrogen) atoms. The van der Waals surface area contributed by atoms with E-state index >= 15 is 0 Å². The van der Waals surface area contributed by atoms with Crippen LogP contribution in [0.1, 0.15) is 42.6 Å². The lowest BCUT2D eigenvalue weighted by atomic mass is 9.88. The van der Waals surface area contributed by atoms with Gasteiger partial charge in [-0.05, 0) is 31.6 Å². The fourth-order valence-electron chi connectivity index (χ4n) is 3.49. The Bertz CT molecular complexity index is 471. The average Bonchev–Trinajstić information content (AvgIpc) is 2.95. The summed E-state index contributed by atoms with van der Waals surface area (Å²) >= 11 is 0. The van der Waals surface area contributed by atoms with Crippen LogP contribution in [0.2, 0.25) is 0 Å². The van der Waals surface area contributed by atoms with Crippen molar-refractivity contribution < 1.29 is 19.2 Å². The molecule has 0 spiro atoms. The molecule has 0 saturated carbocycles. The van der Waals surface area contributed by atoms with E-state index in [4.69, 9.17) is 9.63 Å². The number of carbonyl (C=O) groups is 2. The smallest absolute Gasteiger partial charge is 0.303 e. The minimum absolute atomic E-state index is 0.0879. The van der Waals surface area contributed by atoms with Gasteiger partial charge in [0.15, 0.2) is 5.69 Å². The molecule has 1 amide bonds. The Labute approximate surface area is 110 Å². The highest BCUT2D eigenvalue weighted by Crippen LogP contribution is 2.40. The lowest BCUT2D eigenvalue weighted by Crippen LogP contribution is -2.47. The molecule has 2 aliphatic heterocycles. The molecule has 2 aliphatic rings. The molecule has 1 aromatic heterocycles. The van der Waals surface area contributed by atoms with E-state index in [0.29, 0.717) is 5.69 Å². The number of nitrogens with zero attached hydrogens (tertiary/aromatic N) is 2. The van der Waals surface area contributed by atoms with Crippen LogP contribution in [0.25, 0.3) is 0 Å². The molecule has 2 unspecified atom stereocenters. The topological polar surface area (TPSA) is 83.6 Å². The third kappa shape index (κ3) is 2.22. The third-order valence-electron chi connectivity index (χ3n) is 4.19. The van der Waals surface area contributed by atoms with Crippen LogP contribution in [0.5, 0.6) is 0 Å². The van der Waals surface area contributed by atoms with Crippen molar-refractivity contribution in [2.24, 2.45) is 5.92 Å². The number of carbonyl (C=O) groups excluding carboxylic acids is 1. The van der Waals surface area contributed by atoms with E-state index in [1.807, 2.05) is 4.90 Å². The molecule has 1 N–H and O–H groups in total. The van der Waals surface area contributed by atoms with Gasteiger partial charge in [-0.1, -0.05) is 5.16 Å². The summed E-state index contributed by atoms with van der Waals surface area (Å²) in [6.07, 6.45) is 5.10. The maximum Gasteiger partial charge on any atom is 0.303 e. The van der Waals surface area contributed by atoms with Gasteiger partial charge in [-0.15, -0.1) is 0 Å². The number of amides is 1. The predicted octanol–water partition coefficient (Wildman–Crippen LogP) is 1.53. The molecule has 3 heterocycles. The minimum Gasteiger partial charge on any atom is -0.481 e. The minimum atomic E-state index is -0.749. The van der Waals surface area contributed by atoms with Gasteiger partial charge in [0.1, 0.15) is 6.26 Å². The summed E-state index contributed by atoms with van der Waals surface area (Å²) < 4.78 is 4.72. The van der Waals surface area contributed by atoms with Crippen molar-refractivity contribution in [1.29, 1.82) is 0 Å². The Hall–Kier alpha value is -1.85. The van der Waals surface area contributed by atoms with E-state index in [-0.39, 0.29) is 30.3 Å². The van der Waals surface area contributed by atoms with Crippen LogP contribution in [0.4, 0.5) is 0 Å². The Kier molecular flexibility index (Phi) is 3.00. The van der Waals surface area contributed by atoms with Crippen molar-refractivity contribution in [2.45, 2.75) is 44.2 Å². The van der Waals surface area contributed by atoms with Gasteiger partial charge in [-0.3, -0.25) is 9.59 Å². The summed E-state index contributed by atoms with van der Waals surface area (Å²) in [5.41, 5.74) is 0.341. The van der Waals surface area contributed by atoms with Gasteiger partial charge in [0.25, 0.3) is 5.91 Å². The molecule has 6 nitrogen and oxygen atoms in total. The second kappa shape index (κ2) is 4.68. The van der Waals surface area contributed by atoms with Crippen molar-refractivity contribution in [1.82, 2.24) is 10.1 Å². The fraction of sp³-hybridized carbons (Fsp3) is 0.615. The van der Waals surface area contributed by atoms with Crippen LogP contribution in [0.15, 0.2) is 16.9 Å². The number of aromatic nitrogens is 1. The number of rotatable bonds is 3. The van der Waals surface area contributed by atoms with Gasteiger partial charge < -0.3 is 14.5 Å². The Morgan fingerprint density at radius 1 is 1.37 bits per heavy atom. The number of piperidine rings is 1. The molecule has 6 heteroatoms. The van der Waals surface area contributed by atoms with Crippen LogP contribution < -0.4 is 0 Å². The fourth-order valence-corrected chi connectivity index (χ4v) is 3.49.